The van der Waals surface area contributed by atoms with Gasteiger partial charge in [-0.2, -0.15) is 0 Å². The summed E-state index contributed by atoms with van der Waals surface area (Å²) in [4.78, 5) is 28.7. The van der Waals surface area contributed by atoms with E-state index < -0.39 is 0 Å². The lowest BCUT2D eigenvalue weighted by Gasteiger charge is -2.33. The van der Waals surface area contributed by atoms with Crippen LogP contribution in [-0.2, 0) is 29.1 Å². The van der Waals surface area contributed by atoms with Crippen LogP contribution >= 0.6 is 0 Å². The van der Waals surface area contributed by atoms with Gasteiger partial charge in [0.15, 0.2) is 5.82 Å². The fraction of sp³-hybridized carbons (Fsp3) is 0.565. The largest absolute Gasteiger partial charge is 0.343 e. The summed E-state index contributed by atoms with van der Waals surface area (Å²) in [5, 5.41) is 8.81. The third-order valence-corrected chi connectivity index (χ3v) is 6.17. The second-order valence-electron chi connectivity index (χ2n) is 9.00. The Morgan fingerprint density at radius 2 is 1.84 bits per heavy atom. The van der Waals surface area contributed by atoms with Gasteiger partial charge in [0.1, 0.15) is 11.6 Å². The van der Waals surface area contributed by atoms with Crippen LogP contribution in [0.2, 0.25) is 0 Å². The number of likely N-dealkylation sites (tertiary alicyclic amines) is 1. The highest BCUT2D eigenvalue weighted by molar-refractivity contribution is 5.78. The Morgan fingerprint density at radius 3 is 2.55 bits per heavy atom. The lowest BCUT2D eigenvalue weighted by molar-refractivity contribution is -0.133. The maximum atomic E-state index is 13.4. The van der Waals surface area contributed by atoms with Gasteiger partial charge in [-0.15, -0.1) is 10.2 Å². The Hall–Kier alpha value is -2.77. The zero-order chi connectivity index (χ0) is 22.0. The number of benzene rings is 1. The summed E-state index contributed by atoms with van der Waals surface area (Å²) < 4.78 is 15.5. The fourth-order valence-corrected chi connectivity index (χ4v) is 4.49. The third-order valence-electron chi connectivity index (χ3n) is 6.17. The molecule has 7 nitrogen and oxygen atoms in total. The molecule has 2 aromatic rings. The SMILES string of the molecule is CC(C)CC(=O)N1CCC(c2nnc3n2CCN(C(=O)Cc2cccc(F)c2)C3)CC1. The molecule has 2 aliphatic rings. The average molecular weight is 428 g/mol. The summed E-state index contributed by atoms with van der Waals surface area (Å²) >= 11 is 0. The van der Waals surface area contributed by atoms with E-state index in [1.165, 1.54) is 12.1 Å². The Kier molecular flexibility index (Phi) is 6.34. The van der Waals surface area contributed by atoms with Crippen molar-refractivity contribution in [1.29, 1.82) is 0 Å². The average Bonchev–Trinajstić information content (AvgIpc) is 3.16. The summed E-state index contributed by atoms with van der Waals surface area (Å²) in [5.41, 5.74) is 0.677. The molecule has 0 N–H and O–H groups in total. The van der Waals surface area contributed by atoms with Crippen molar-refractivity contribution in [2.24, 2.45) is 5.92 Å². The quantitative estimate of drug-likeness (QED) is 0.736. The van der Waals surface area contributed by atoms with Crippen LogP contribution in [-0.4, -0.2) is 56.0 Å². The molecule has 166 valence electrons. The minimum Gasteiger partial charge on any atom is -0.343 e. The van der Waals surface area contributed by atoms with Crippen molar-refractivity contribution in [1.82, 2.24) is 24.6 Å². The van der Waals surface area contributed by atoms with Crippen LogP contribution in [0.15, 0.2) is 24.3 Å². The maximum Gasteiger partial charge on any atom is 0.227 e. The molecule has 0 saturated carbocycles. The van der Waals surface area contributed by atoms with Crippen LogP contribution in [0.25, 0.3) is 0 Å². The normalized spacial score (nSPS) is 17.2. The van der Waals surface area contributed by atoms with E-state index in [-0.39, 0.29) is 24.1 Å². The molecule has 2 amide bonds. The molecule has 4 rings (SSSR count). The van der Waals surface area contributed by atoms with E-state index in [9.17, 15) is 14.0 Å². The Labute approximate surface area is 182 Å². The first-order valence-electron chi connectivity index (χ1n) is 11.1. The minimum absolute atomic E-state index is 0.0293. The molecule has 0 spiro atoms. The number of hydrogen-bond donors (Lipinski definition) is 0. The second-order valence-corrected chi connectivity index (χ2v) is 9.00. The molecule has 3 heterocycles. The third kappa shape index (κ3) is 4.94. The van der Waals surface area contributed by atoms with Gasteiger partial charge in [-0.05, 0) is 36.5 Å². The van der Waals surface area contributed by atoms with Crippen molar-refractivity contribution >= 4 is 11.8 Å². The highest BCUT2D eigenvalue weighted by Gasteiger charge is 2.31. The number of piperidine rings is 1. The first-order chi connectivity index (χ1) is 14.9. The van der Waals surface area contributed by atoms with Crippen molar-refractivity contribution < 1.29 is 14.0 Å². The van der Waals surface area contributed by atoms with Crippen LogP contribution in [0.4, 0.5) is 4.39 Å². The standard InChI is InChI=1S/C23H30FN5O2/c1-16(2)12-21(30)27-8-6-18(7-9-27)23-26-25-20-15-28(10-11-29(20)23)22(31)14-17-4-3-5-19(24)13-17/h3-5,13,16,18H,6-12,14-15H2,1-2H3. The van der Waals surface area contributed by atoms with E-state index in [1.807, 2.05) is 4.90 Å². The topological polar surface area (TPSA) is 71.3 Å². The molecule has 0 aliphatic carbocycles. The zero-order valence-electron chi connectivity index (χ0n) is 18.3. The van der Waals surface area contributed by atoms with Gasteiger partial charge in [-0.3, -0.25) is 9.59 Å². The molecule has 31 heavy (non-hydrogen) atoms. The molecule has 0 unspecified atom stereocenters. The van der Waals surface area contributed by atoms with Gasteiger partial charge in [0.25, 0.3) is 0 Å². The first-order valence-corrected chi connectivity index (χ1v) is 11.1. The number of amides is 2. The number of halogens is 1. The molecule has 0 atom stereocenters. The second kappa shape index (κ2) is 9.16. The van der Waals surface area contributed by atoms with E-state index in [2.05, 4.69) is 28.6 Å². The molecule has 1 aromatic carbocycles. The molecule has 1 fully saturated rings. The number of nitrogens with zero attached hydrogens (tertiary/aromatic N) is 5. The van der Waals surface area contributed by atoms with Crippen LogP contribution < -0.4 is 0 Å². The molecule has 1 saturated heterocycles. The Morgan fingerprint density at radius 1 is 1.06 bits per heavy atom. The van der Waals surface area contributed by atoms with E-state index in [0.29, 0.717) is 43.5 Å². The summed E-state index contributed by atoms with van der Waals surface area (Å²) in [7, 11) is 0. The smallest absolute Gasteiger partial charge is 0.227 e. The monoisotopic (exact) mass is 427 g/mol. The van der Waals surface area contributed by atoms with Gasteiger partial charge in [0.2, 0.25) is 11.8 Å². The fourth-order valence-electron chi connectivity index (χ4n) is 4.49. The lowest BCUT2D eigenvalue weighted by Crippen LogP contribution is -2.41. The summed E-state index contributed by atoms with van der Waals surface area (Å²) in [5.74, 6) is 2.32. The zero-order valence-corrected chi connectivity index (χ0v) is 18.3. The van der Waals surface area contributed by atoms with Crippen molar-refractivity contribution in [3.8, 4) is 0 Å². The van der Waals surface area contributed by atoms with Gasteiger partial charge in [-0.1, -0.05) is 26.0 Å². The van der Waals surface area contributed by atoms with Crippen molar-refractivity contribution in [2.45, 2.75) is 58.5 Å². The number of fused-ring (bicyclic) bond motifs is 1. The minimum atomic E-state index is -0.328. The molecule has 0 radical (unpaired) electrons. The highest BCUT2D eigenvalue weighted by Crippen LogP contribution is 2.29. The van der Waals surface area contributed by atoms with E-state index >= 15 is 0 Å². The van der Waals surface area contributed by atoms with Crippen LogP contribution in [0.5, 0.6) is 0 Å². The Balaban J connectivity index is 1.35. The number of aromatic nitrogens is 3. The first kappa shape index (κ1) is 21.5. The van der Waals surface area contributed by atoms with E-state index in [1.54, 1.807) is 17.0 Å². The van der Waals surface area contributed by atoms with Crippen molar-refractivity contribution in [3.05, 3.63) is 47.3 Å². The van der Waals surface area contributed by atoms with Gasteiger partial charge in [-0.25, -0.2) is 4.39 Å². The van der Waals surface area contributed by atoms with Crippen LogP contribution in [0.3, 0.4) is 0 Å². The highest BCUT2D eigenvalue weighted by atomic mass is 19.1. The van der Waals surface area contributed by atoms with E-state index in [4.69, 9.17) is 0 Å². The number of hydrogen-bond acceptors (Lipinski definition) is 4. The molecule has 2 aliphatic heterocycles. The van der Waals surface area contributed by atoms with E-state index in [0.717, 1.165) is 37.6 Å². The molecule has 0 bridgehead atoms. The van der Waals surface area contributed by atoms with Gasteiger partial charge in [0, 0.05) is 38.5 Å². The summed E-state index contributed by atoms with van der Waals surface area (Å²) in [6.07, 6.45) is 2.57. The number of carbonyl (C=O) groups excluding carboxylic acids is 2. The molecular formula is C23H30FN5O2. The van der Waals surface area contributed by atoms with Crippen LogP contribution in [0, 0.1) is 11.7 Å². The number of carbonyl (C=O) groups is 2. The maximum absolute atomic E-state index is 13.4. The predicted molar refractivity (Wildman–Crippen MR) is 114 cm³/mol. The summed E-state index contributed by atoms with van der Waals surface area (Å²) in [6, 6.07) is 6.17. The Bertz CT molecular complexity index is 949. The van der Waals surface area contributed by atoms with Crippen LogP contribution in [0.1, 0.15) is 56.2 Å². The molecule has 1 aromatic heterocycles. The van der Waals surface area contributed by atoms with Crippen molar-refractivity contribution in [3.63, 3.8) is 0 Å². The van der Waals surface area contributed by atoms with Crippen molar-refractivity contribution in [2.75, 3.05) is 19.6 Å². The summed E-state index contributed by atoms with van der Waals surface area (Å²) in [6.45, 7) is 7.34. The lowest BCUT2D eigenvalue weighted by atomic mass is 9.95. The molecule has 8 heteroatoms. The molecular weight excluding hydrogens is 397 g/mol. The van der Waals surface area contributed by atoms with Gasteiger partial charge in [0.05, 0.1) is 13.0 Å². The van der Waals surface area contributed by atoms with Gasteiger partial charge >= 0.3 is 0 Å². The van der Waals surface area contributed by atoms with Gasteiger partial charge < -0.3 is 14.4 Å². The number of rotatable bonds is 5. The predicted octanol–water partition coefficient (Wildman–Crippen LogP) is 2.75.